The first kappa shape index (κ1) is 20.5. The van der Waals surface area contributed by atoms with Crippen LogP contribution >= 0.6 is 0 Å². The summed E-state index contributed by atoms with van der Waals surface area (Å²) in [5.41, 5.74) is 0.855. The summed E-state index contributed by atoms with van der Waals surface area (Å²) in [7, 11) is -0.409. The summed E-state index contributed by atoms with van der Waals surface area (Å²) in [6, 6.07) is 6.21. The molecule has 0 spiro atoms. The Hall–Kier alpha value is -1.73. The van der Waals surface area contributed by atoms with E-state index >= 15 is 0 Å². The molecule has 3 aliphatic heterocycles. The molecule has 0 bridgehead atoms. The van der Waals surface area contributed by atoms with Gasteiger partial charge in [-0.2, -0.15) is 0 Å². The third-order valence-corrected chi connectivity index (χ3v) is 6.55. The average molecular weight is 401 g/mol. The predicted octanol–water partition coefficient (Wildman–Crippen LogP) is 3.47. The van der Waals surface area contributed by atoms with Gasteiger partial charge in [0.15, 0.2) is 0 Å². The largest absolute Gasteiger partial charge is 0.494 e. The van der Waals surface area contributed by atoms with E-state index in [0.717, 1.165) is 23.2 Å². The van der Waals surface area contributed by atoms with Crippen LogP contribution in [0.25, 0.3) is 0 Å². The lowest BCUT2D eigenvalue weighted by molar-refractivity contribution is 0.00578. The summed E-state index contributed by atoms with van der Waals surface area (Å²) in [5.74, 6) is 1.13. The molecule has 1 aromatic rings. The molecule has 2 saturated heterocycles. The molecule has 3 aliphatic rings. The standard InChI is InChI=1S/C22H32BNO5/c1-20(2,3)27-19(25)24-11-10-15-16-9-8-14(12-18(16)26-13-17(15)24)23-28-21(4,5)22(6,7)29-23/h8-9,12,15,17H,10-11,13H2,1-7H3. The Morgan fingerprint density at radius 1 is 1.17 bits per heavy atom. The quantitative estimate of drug-likeness (QED) is 0.675. The van der Waals surface area contributed by atoms with Gasteiger partial charge in [-0.15, -0.1) is 0 Å². The highest BCUT2D eigenvalue weighted by Crippen LogP contribution is 2.43. The molecule has 2 unspecified atom stereocenters. The molecule has 2 atom stereocenters. The zero-order chi connectivity index (χ0) is 21.2. The van der Waals surface area contributed by atoms with Gasteiger partial charge in [0.1, 0.15) is 18.0 Å². The number of ether oxygens (including phenoxy) is 2. The number of hydrogen-bond donors (Lipinski definition) is 0. The van der Waals surface area contributed by atoms with Crippen LogP contribution in [0.3, 0.4) is 0 Å². The van der Waals surface area contributed by atoms with Crippen LogP contribution in [0.4, 0.5) is 4.79 Å². The number of benzene rings is 1. The van der Waals surface area contributed by atoms with Crippen molar-refractivity contribution in [3.63, 3.8) is 0 Å². The summed E-state index contributed by atoms with van der Waals surface area (Å²) in [5, 5.41) is 0. The normalized spacial score (nSPS) is 27.3. The van der Waals surface area contributed by atoms with Crippen molar-refractivity contribution in [1.82, 2.24) is 4.90 Å². The molecule has 7 heteroatoms. The van der Waals surface area contributed by atoms with Crippen LogP contribution in [0.5, 0.6) is 5.75 Å². The molecule has 1 amide bonds. The number of rotatable bonds is 1. The molecule has 6 nitrogen and oxygen atoms in total. The lowest BCUT2D eigenvalue weighted by Gasteiger charge is -2.34. The topological polar surface area (TPSA) is 57.2 Å². The monoisotopic (exact) mass is 401 g/mol. The zero-order valence-corrected chi connectivity index (χ0v) is 18.6. The summed E-state index contributed by atoms with van der Waals surface area (Å²) >= 11 is 0. The van der Waals surface area contributed by atoms with Gasteiger partial charge in [0.25, 0.3) is 0 Å². The molecule has 0 N–H and O–H groups in total. The van der Waals surface area contributed by atoms with Gasteiger partial charge in [-0.25, -0.2) is 4.79 Å². The van der Waals surface area contributed by atoms with Gasteiger partial charge in [0, 0.05) is 12.5 Å². The van der Waals surface area contributed by atoms with Crippen LogP contribution in [0.1, 0.15) is 66.4 Å². The first-order valence-electron chi connectivity index (χ1n) is 10.5. The smallest absolute Gasteiger partial charge is 0.491 e. The molecule has 158 valence electrons. The maximum absolute atomic E-state index is 12.6. The molecular formula is C22H32BNO5. The van der Waals surface area contributed by atoms with Gasteiger partial charge < -0.3 is 23.7 Å². The van der Waals surface area contributed by atoms with E-state index in [1.807, 2.05) is 31.7 Å². The summed E-state index contributed by atoms with van der Waals surface area (Å²) in [6.45, 7) is 15.0. The lowest BCUT2D eigenvalue weighted by Crippen LogP contribution is -2.45. The van der Waals surface area contributed by atoms with E-state index < -0.39 is 12.7 Å². The van der Waals surface area contributed by atoms with Crippen molar-refractivity contribution in [3.8, 4) is 5.75 Å². The number of carbonyl (C=O) groups excluding carboxylic acids is 1. The number of nitrogens with zero attached hydrogens (tertiary/aromatic N) is 1. The molecule has 3 heterocycles. The molecular weight excluding hydrogens is 369 g/mol. The fourth-order valence-electron chi connectivity index (χ4n) is 4.25. The maximum atomic E-state index is 12.6. The van der Waals surface area contributed by atoms with Crippen molar-refractivity contribution in [1.29, 1.82) is 0 Å². The highest BCUT2D eigenvalue weighted by Gasteiger charge is 2.52. The number of hydrogen-bond acceptors (Lipinski definition) is 5. The maximum Gasteiger partial charge on any atom is 0.494 e. The van der Waals surface area contributed by atoms with E-state index in [2.05, 4.69) is 39.8 Å². The van der Waals surface area contributed by atoms with E-state index in [1.54, 1.807) is 0 Å². The highest BCUT2D eigenvalue weighted by atomic mass is 16.7. The van der Waals surface area contributed by atoms with Crippen molar-refractivity contribution >= 4 is 18.7 Å². The summed E-state index contributed by atoms with van der Waals surface area (Å²) in [4.78, 5) is 14.4. The van der Waals surface area contributed by atoms with Crippen molar-refractivity contribution < 1.29 is 23.6 Å². The number of fused-ring (bicyclic) bond motifs is 3. The Kier molecular flexibility index (Phi) is 4.70. The zero-order valence-electron chi connectivity index (χ0n) is 18.6. The second kappa shape index (κ2) is 6.64. The van der Waals surface area contributed by atoms with Crippen LogP contribution in [-0.2, 0) is 14.0 Å². The molecule has 0 radical (unpaired) electrons. The second-order valence-electron chi connectivity index (χ2n) is 10.3. The predicted molar refractivity (Wildman–Crippen MR) is 112 cm³/mol. The van der Waals surface area contributed by atoms with Crippen LogP contribution in [0.15, 0.2) is 18.2 Å². The molecule has 2 fully saturated rings. The van der Waals surface area contributed by atoms with Gasteiger partial charge in [-0.05, 0) is 72.0 Å². The van der Waals surface area contributed by atoms with Crippen LogP contribution in [-0.4, -0.2) is 54.1 Å². The first-order valence-corrected chi connectivity index (χ1v) is 10.5. The minimum absolute atomic E-state index is 0.0139. The Morgan fingerprint density at radius 3 is 2.45 bits per heavy atom. The molecule has 1 aromatic carbocycles. The summed E-state index contributed by atoms with van der Waals surface area (Å²) < 4.78 is 24.0. The Balaban J connectivity index is 1.53. The van der Waals surface area contributed by atoms with Gasteiger partial charge in [-0.1, -0.05) is 12.1 Å². The van der Waals surface area contributed by atoms with E-state index in [9.17, 15) is 4.79 Å². The van der Waals surface area contributed by atoms with Gasteiger partial charge in [-0.3, -0.25) is 0 Å². The molecule has 4 rings (SSSR count). The number of amides is 1. The van der Waals surface area contributed by atoms with Crippen LogP contribution < -0.4 is 10.2 Å². The fourth-order valence-corrected chi connectivity index (χ4v) is 4.25. The van der Waals surface area contributed by atoms with Crippen molar-refractivity contribution in [3.05, 3.63) is 23.8 Å². The Labute approximate surface area is 174 Å². The first-order chi connectivity index (χ1) is 13.4. The van der Waals surface area contributed by atoms with Gasteiger partial charge in [0.05, 0.1) is 17.2 Å². The average Bonchev–Trinajstić information content (AvgIpc) is 3.11. The fraction of sp³-hybridized carbons (Fsp3) is 0.682. The van der Waals surface area contributed by atoms with Crippen molar-refractivity contribution in [2.24, 2.45) is 0 Å². The van der Waals surface area contributed by atoms with E-state index in [1.165, 1.54) is 0 Å². The van der Waals surface area contributed by atoms with Crippen LogP contribution in [0, 0.1) is 0 Å². The van der Waals surface area contributed by atoms with E-state index in [4.69, 9.17) is 18.8 Å². The lowest BCUT2D eigenvalue weighted by atomic mass is 9.77. The Morgan fingerprint density at radius 2 is 1.83 bits per heavy atom. The molecule has 0 saturated carbocycles. The number of likely N-dealkylation sites (tertiary alicyclic amines) is 1. The second-order valence-corrected chi connectivity index (χ2v) is 10.3. The van der Waals surface area contributed by atoms with E-state index in [0.29, 0.717) is 13.2 Å². The molecule has 29 heavy (non-hydrogen) atoms. The van der Waals surface area contributed by atoms with Crippen molar-refractivity contribution in [2.45, 2.75) is 83.6 Å². The van der Waals surface area contributed by atoms with Crippen molar-refractivity contribution in [2.75, 3.05) is 13.2 Å². The molecule has 0 aromatic heterocycles. The molecule has 0 aliphatic carbocycles. The minimum Gasteiger partial charge on any atom is -0.491 e. The van der Waals surface area contributed by atoms with Crippen LogP contribution in [0.2, 0.25) is 0 Å². The summed E-state index contributed by atoms with van der Waals surface area (Å²) in [6.07, 6.45) is 0.654. The number of carbonyl (C=O) groups is 1. The third kappa shape index (κ3) is 3.63. The highest BCUT2D eigenvalue weighted by molar-refractivity contribution is 6.62. The van der Waals surface area contributed by atoms with Gasteiger partial charge in [0.2, 0.25) is 0 Å². The minimum atomic E-state index is -0.500. The SMILES string of the molecule is CC(C)(C)OC(=O)N1CCC2c3ccc(B4OC(C)(C)C(C)(C)O4)cc3OCC21. The third-order valence-electron chi connectivity index (χ3n) is 6.55. The van der Waals surface area contributed by atoms with E-state index in [-0.39, 0.29) is 29.3 Å². The Bertz CT molecular complexity index is 800. The van der Waals surface area contributed by atoms with Gasteiger partial charge >= 0.3 is 13.2 Å².